The van der Waals surface area contributed by atoms with Crippen molar-refractivity contribution in [2.24, 2.45) is 17.8 Å². The molecule has 1 N–H and O–H groups in total. The van der Waals surface area contributed by atoms with Gasteiger partial charge in [-0.25, -0.2) is 4.39 Å². The van der Waals surface area contributed by atoms with Crippen LogP contribution < -0.4 is 4.90 Å². The molecular formula is C30H40FNO3. The number of phenols is 1. The molecule has 1 saturated carbocycles. The smallest absolute Gasteiger partial charge is 0.159 e. The van der Waals surface area contributed by atoms with Crippen LogP contribution in [0.3, 0.4) is 0 Å². The van der Waals surface area contributed by atoms with E-state index in [2.05, 4.69) is 17.0 Å². The number of aromatic hydroxyl groups is 1. The molecule has 1 saturated heterocycles. The number of hydrogen-bond donors (Lipinski definition) is 1. The molecule has 4 nitrogen and oxygen atoms in total. The summed E-state index contributed by atoms with van der Waals surface area (Å²) in [6.45, 7) is 1.61. The zero-order chi connectivity index (χ0) is 24.4. The molecular weight excluding hydrogens is 441 g/mol. The normalized spacial score (nSPS) is 24.1. The standard InChI is InChI=1S/C30H40FNO3/c1-34-30(35-2)21-14-16-32(17-15-21)28-13-9-23(19-27(28)31)29-25(20-6-4-3-5-7-20)11-8-22-18-24(33)10-12-26(22)29/h9-10,12-13,18-21,25,29-30,33H,3-8,11,14-17H2,1-2H3/t25-,29-/m0/s1. The minimum absolute atomic E-state index is 0.121. The van der Waals surface area contributed by atoms with Gasteiger partial charge in [-0.2, -0.15) is 0 Å². The van der Waals surface area contributed by atoms with Gasteiger partial charge in [-0.1, -0.05) is 44.2 Å². The van der Waals surface area contributed by atoms with Crippen molar-refractivity contribution in [1.82, 2.24) is 0 Å². The van der Waals surface area contributed by atoms with Gasteiger partial charge in [0.15, 0.2) is 6.29 Å². The summed E-state index contributed by atoms with van der Waals surface area (Å²) >= 11 is 0. The number of piperidine rings is 1. The van der Waals surface area contributed by atoms with E-state index in [0.29, 0.717) is 29.2 Å². The maximum Gasteiger partial charge on any atom is 0.159 e. The van der Waals surface area contributed by atoms with E-state index in [-0.39, 0.29) is 18.0 Å². The Morgan fingerprint density at radius 1 is 0.914 bits per heavy atom. The number of nitrogens with zero attached hydrogens (tertiary/aromatic N) is 1. The van der Waals surface area contributed by atoms with Crippen LogP contribution in [0, 0.1) is 23.6 Å². The number of fused-ring (bicyclic) bond motifs is 1. The summed E-state index contributed by atoms with van der Waals surface area (Å²) in [6.07, 6.45) is 10.3. The first-order chi connectivity index (χ1) is 17.1. The van der Waals surface area contributed by atoms with Crippen molar-refractivity contribution >= 4 is 5.69 Å². The van der Waals surface area contributed by atoms with Gasteiger partial charge in [0.05, 0.1) is 5.69 Å². The molecule has 0 unspecified atom stereocenters. The predicted molar refractivity (Wildman–Crippen MR) is 137 cm³/mol. The highest BCUT2D eigenvalue weighted by Crippen LogP contribution is 2.49. The van der Waals surface area contributed by atoms with Gasteiger partial charge in [0.1, 0.15) is 11.6 Å². The number of aryl methyl sites for hydroxylation is 1. The quantitative estimate of drug-likeness (QED) is 0.470. The minimum atomic E-state index is -0.188. The Bertz CT molecular complexity index is 993. The molecule has 0 aromatic heterocycles. The van der Waals surface area contributed by atoms with E-state index in [9.17, 15) is 5.11 Å². The topological polar surface area (TPSA) is 41.9 Å². The second kappa shape index (κ2) is 10.9. The van der Waals surface area contributed by atoms with Gasteiger partial charge in [0, 0.05) is 39.1 Å². The molecule has 0 amide bonds. The third kappa shape index (κ3) is 5.08. The maximum absolute atomic E-state index is 15.7. The Hall–Kier alpha value is -2.11. The van der Waals surface area contributed by atoms with E-state index < -0.39 is 0 Å². The van der Waals surface area contributed by atoms with Crippen molar-refractivity contribution < 1.29 is 19.0 Å². The molecule has 2 atom stereocenters. The van der Waals surface area contributed by atoms with E-state index in [4.69, 9.17) is 9.47 Å². The highest BCUT2D eigenvalue weighted by molar-refractivity contribution is 5.52. The van der Waals surface area contributed by atoms with Crippen molar-refractivity contribution in [3.63, 3.8) is 0 Å². The first kappa shape index (κ1) is 24.6. The van der Waals surface area contributed by atoms with Crippen molar-refractivity contribution in [2.75, 3.05) is 32.2 Å². The molecule has 5 heteroatoms. The van der Waals surface area contributed by atoms with Crippen molar-refractivity contribution in [1.29, 1.82) is 0 Å². The van der Waals surface area contributed by atoms with Crippen LogP contribution in [-0.4, -0.2) is 38.7 Å². The van der Waals surface area contributed by atoms with Crippen LogP contribution in [0.1, 0.15) is 74.0 Å². The second-order valence-corrected chi connectivity index (χ2v) is 10.8. The summed E-state index contributed by atoms with van der Waals surface area (Å²) in [5.41, 5.74) is 4.29. The van der Waals surface area contributed by atoms with E-state index >= 15 is 4.39 Å². The van der Waals surface area contributed by atoms with Crippen LogP contribution in [-0.2, 0) is 15.9 Å². The van der Waals surface area contributed by atoms with Gasteiger partial charge < -0.3 is 19.5 Å². The van der Waals surface area contributed by atoms with Gasteiger partial charge in [0.25, 0.3) is 0 Å². The summed E-state index contributed by atoms with van der Waals surface area (Å²) in [7, 11) is 3.37. The van der Waals surface area contributed by atoms with Gasteiger partial charge in [-0.15, -0.1) is 0 Å². The molecule has 1 aliphatic heterocycles. The lowest BCUT2D eigenvalue weighted by Crippen LogP contribution is -2.39. The fraction of sp³-hybridized carbons (Fsp3) is 0.600. The minimum Gasteiger partial charge on any atom is -0.508 e. The average Bonchev–Trinajstić information content (AvgIpc) is 2.89. The fourth-order valence-electron chi connectivity index (χ4n) is 7.20. The molecule has 0 bridgehead atoms. The Labute approximate surface area is 209 Å². The van der Waals surface area contributed by atoms with Crippen LogP contribution in [0.25, 0.3) is 0 Å². The Kier molecular flexibility index (Phi) is 7.64. The van der Waals surface area contributed by atoms with Crippen molar-refractivity contribution in [3.8, 4) is 5.75 Å². The summed E-state index contributed by atoms with van der Waals surface area (Å²) in [5, 5.41) is 10.1. The Morgan fingerprint density at radius 2 is 1.66 bits per heavy atom. The summed E-state index contributed by atoms with van der Waals surface area (Å²) < 4.78 is 26.6. The Morgan fingerprint density at radius 3 is 2.34 bits per heavy atom. The largest absolute Gasteiger partial charge is 0.508 e. The summed E-state index contributed by atoms with van der Waals surface area (Å²) in [5.74, 6) is 1.98. The number of hydrogen-bond acceptors (Lipinski definition) is 4. The number of methoxy groups -OCH3 is 2. The SMILES string of the molecule is COC(OC)C1CCN(c2ccc([C@@H]3c4ccc(O)cc4CC[C@H]3C3CCCCC3)cc2F)CC1. The molecule has 1 heterocycles. The van der Waals surface area contributed by atoms with Crippen LogP contribution >= 0.6 is 0 Å². The molecule has 2 aromatic carbocycles. The first-order valence-electron chi connectivity index (χ1n) is 13.5. The van der Waals surface area contributed by atoms with Crippen LogP contribution in [0.15, 0.2) is 36.4 Å². The third-order valence-corrected chi connectivity index (χ3v) is 8.95. The van der Waals surface area contributed by atoms with Gasteiger partial charge >= 0.3 is 0 Å². The zero-order valence-electron chi connectivity index (χ0n) is 21.2. The van der Waals surface area contributed by atoms with E-state index in [0.717, 1.165) is 44.3 Å². The monoisotopic (exact) mass is 481 g/mol. The molecule has 3 aliphatic rings. The van der Waals surface area contributed by atoms with Crippen LogP contribution in [0.4, 0.5) is 10.1 Å². The molecule has 2 fully saturated rings. The van der Waals surface area contributed by atoms with E-state index in [1.807, 2.05) is 12.1 Å². The van der Waals surface area contributed by atoms with Gasteiger partial charge in [-0.3, -0.25) is 0 Å². The summed E-state index contributed by atoms with van der Waals surface area (Å²) in [4.78, 5) is 2.17. The second-order valence-electron chi connectivity index (χ2n) is 10.8. The van der Waals surface area contributed by atoms with Crippen LogP contribution in [0.5, 0.6) is 5.75 Å². The molecule has 190 valence electrons. The summed E-state index contributed by atoms with van der Waals surface area (Å²) in [6, 6.07) is 11.8. The Balaban J connectivity index is 1.40. The number of ether oxygens (including phenoxy) is 2. The highest BCUT2D eigenvalue weighted by Gasteiger charge is 2.37. The number of halogens is 1. The number of anilines is 1. The maximum atomic E-state index is 15.7. The molecule has 2 aliphatic carbocycles. The van der Waals surface area contributed by atoms with Gasteiger partial charge in [-0.05, 0) is 78.5 Å². The number of benzene rings is 2. The van der Waals surface area contributed by atoms with Crippen LogP contribution in [0.2, 0.25) is 0 Å². The lowest BCUT2D eigenvalue weighted by atomic mass is 9.64. The molecule has 0 spiro atoms. The van der Waals surface area contributed by atoms with E-state index in [1.54, 1.807) is 26.4 Å². The lowest BCUT2D eigenvalue weighted by molar-refractivity contribution is -0.141. The first-order valence-corrected chi connectivity index (χ1v) is 13.5. The predicted octanol–water partition coefficient (Wildman–Crippen LogP) is 6.64. The molecule has 0 radical (unpaired) electrons. The average molecular weight is 482 g/mol. The van der Waals surface area contributed by atoms with Crippen molar-refractivity contribution in [2.45, 2.75) is 70.0 Å². The fourth-order valence-corrected chi connectivity index (χ4v) is 7.20. The van der Waals surface area contributed by atoms with Gasteiger partial charge in [0.2, 0.25) is 0 Å². The molecule has 5 rings (SSSR count). The molecule has 35 heavy (non-hydrogen) atoms. The lowest BCUT2D eigenvalue weighted by Gasteiger charge is -2.41. The molecule has 2 aromatic rings. The number of rotatable bonds is 6. The highest BCUT2D eigenvalue weighted by atomic mass is 19.1. The zero-order valence-corrected chi connectivity index (χ0v) is 21.2. The van der Waals surface area contributed by atoms with Crippen molar-refractivity contribution in [3.05, 3.63) is 58.9 Å². The van der Waals surface area contributed by atoms with E-state index in [1.165, 1.54) is 43.2 Å². The third-order valence-electron chi connectivity index (χ3n) is 8.95. The number of phenolic OH excluding ortho intramolecular Hbond substituents is 1.